The molecule has 0 unspecified atom stereocenters. The number of hydrogen-bond acceptors (Lipinski definition) is 1. The fraction of sp³-hybridized carbons (Fsp3) is 0.125. The molecule has 0 aliphatic carbocycles. The Morgan fingerprint density at radius 3 is 2.39 bits per heavy atom. The highest BCUT2D eigenvalue weighted by molar-refractivity contribution is 7.96. The van der Waals surface area contributed by atoms with Gasteiger partial charge in [-0.1, -0.05) is 24.3 Å². The SMILES string of the molecule is O=C(O)c1ccccc1NC=[SH]Cc1ccc(C(F)(F)F)cc1. The van der Waals surface area contributed by atoms with E-state index in [9.17, 15) is 18.0 Å². The highest BCUT2D eigenvalue weighted by Crippen LogP contribution is 2.29. The van der Waals surface area contributed by atoms with Crippen LogP contribution < -0.4 is 5.32 Å². The minimum Gasteiger partial charge on any atom is -0.478 e. The predicted molar refractivity (Wildman–Crippen MR) is 87.2 cm³/mol. The number of halogens is 3. The molecule has 23 heavy (non-hydrogen) atoms. The molecule has 122 valence electrons. The first-order valence-electron chi connectivity index (χ1n) is 6.61. The van der Waals surface area contributed by atoms with Crippen LogP contribution in [0.1, 0.15) is 21.5 Å². The van der Waals surface area contributed by atoms with E-state index < -0.39 is 17.7 Å². The van der Waals surface area contributed by atoms with Gasteiger partial charge in [-0.2, -0.15) is 24.5 Å². The normalized spacial score (nSPS) is 12.0. The molecule has 0 spiro atoms. The number of rotatable bonds is 5. The van der Waals surface area contributed by atoms with E-state index in [2.05, 4.69) is 5.32 Å². The van der Waals surface area contributed by atoms with Crippen molar-refractivity contribution in [3.05, 3.63) is 65.2 Å². The van der Waals surface area contributed by atoms with E-state index in [1.165, 1.54) is 18.2 Å². The number of para-hydroxylation sites is 1. The van der Waals surface area contributed by atoms with Gasteiger partial charge in [-0.05, 0) is 29.8 Å². The van der Waals surface area contributed by atoms with Gasteiger partial charge in [-0.25, -0.2) is 4.79 Å². The molecule has 3 nitrogen and oxygen atoms in total. The predicted octanol–water partition coefficient (Wildman–Crippen LogP) is 4.24. The molecule has 2 aromatic rings. The van der Waals surface area contributed by atoms with E-state index >= 15 is 0 Å². The van der Waals surface area contributed by atoms with E-state index in [-0.39, 0.29) is 5.56 Å². The van der Waals surface area contributed by atoms with Crippen LogP contribution in [-0.4, -0.2) is 16.6 Å². The fourth-order valence-electron chi connectivity index (χ4n) is 1.86. The molecule has 0 aliphatic rings. The number of aromatic carboxylic acids is 1. The Bertz CT molecular complexity index is 712. The molecule has 0 saturated carbocycles. The van der Waals surface area contributed by atoms with Gasteiger partial charge in [0.25, 0.3) is 0 Å². The summed E-state index contributed by atoms with van der Waals surface area (Å²) in [5, 5.41) is 11.9. The van der Waals surface area contributed by atoms with Gasteiger partial charge in [-0.15, -0.1) is 0 Å². The average Bonchev–Trinajstić information content (AvgIpc) is 2.51. The van der Waals surface area contributed by atoms with Gasteiger partial charge >= 0.3 is 12.1 Å². The molecule has 0 radical (unpaired) electrons. The molecule has 0 aliphatic heterocycles. The van der Waals surface area contributed by atoms with E-state index in [1.54, 1.807) is 23.7 Å². The molecule has 0 atom stereocenters. The topological polar surface area (TPSA) is 49.3 Å². The van der Waals surface area contributed by atoms with Crippen LogP contribution in [0.5, 0.6) is 0 Å². The van der Waals surface area contributed by atoms with Crippen molar-refractivity contribution in [3.63, 3.8) is 0 Å². The largest absolute Gasteiger partial charge is 0.478 e. The second-order valence-corrected chi connectivity index (χ2v) is 5.60. The molecule has 2 rings (SSSR count). The molecular formula is C16H14F3NO2S. The molecule has 0 aromatic heterocycles. The molecule has 0 amide bonds. The number of anilines is 1. The van der Waals surface area contributed by atoms with Crippen LogP contribution in [0.4, 0.5) is 18.9 Å². The first kappa shape index (κ1) is 17.1. The smallest absolute Gasteiger partial charge is 0.416 e. The number of carboxylic acids is 1. The highest BCUT2D eigenvalue weighted by Gasteiger charge is 2.29. The molecule has 2 N–H and O–H groups in total. The summed E-state index contributed by atoms with van der Waals surface area (Å²) in [5.41, 5.74) is 2.40. The number of thiol groups is 1. The van der Waals surface area contributed by atoms with E-state index in [4.69, 9.17) is 5.11 Å². The van der Waals surface area contributed by atoms with Crippen molar-refractivity contribution in [3.8, 4) is 0 Å². The summed E-state index contributed by atoms with van der Waals surface area (Å²) in [5.74, 6) is -0.499. The first-order chi connectivity index (χ1) is 10.9. The summed E-state index contributed by atoms with van der Waals surface area (Å²) >= 11 is 0.811. The Kier molecular flexibility index (Phi) is 5.44. The zero-order valence-corrected chi connectivity index (χ0v) is 12.7. The van der Waals surface area contributed by atoms with Gasteiger partial charge in [0.1, 0.15) is 0 Å². The summed E-state index contributed by atoms with van der Waals surface area (Å²) in [7, 11) is 0. The third kappa shape index (κ3) is 4.85. The number of hydrogen-bond donors (Lipinski definition) is 3. The number of carboxylic acid groups (broad SMARTS) is 1. The van der Waals surface area contributed by atoms with Crippen LogP contribution in [0.3, 0.4) is 0 Å². The second kappa shape index (κ2) is 7.32. The number of carbonyl (C=O) groups is 1. The van der Waals surface area contributed by atoms with Gasteiger partial charge in [0.05, 0.1) is 16.8 Å². The molecule has 2 aromatic carbocycles. The first-order valence-corrected chi connectivity index (χ1v) is 7.76. The quantitative estimate of drug-likeness (QED) is 0.563. The Hall–Kier alpha value is -2.28. The van der Waals surface area contributed by atoms with Crippen LogP contribution >= 0.6 is 11.4 Å². The standard InChI is InChI=1S/C16H14F3NO2S/c17-16(18,19)12-7-5-11(6-8-12)9-23-10-20-14-4-2-1-3-13(14)15(21)22/h1-8,10,20,23H,9H2,(H,21,22). The highest BCUT2D eigenvalue weighted by atomic mass is 32.1. The monoisotopic (exact) mass is 341 g/mol. The lowest BCUT2D eigenvalue weighted by Gasteiger charge is -2.07. The third-order valence-corrected chi connectivity index (χ3v) is 3.88. The summed E-state index contributed by atoms with van der Waals surface area (Å²) in [6.07, 6.45) is -4.33. The van der Waals surface area contributed by atoms with Crippen molar-refractivity contribution in [2.75, 3.05) is 5.32 Å². The van der Waals surface area contributed by atoms with Crippen LogP contribution in [0, 0.1) is 0 Å². The third-order valence-electron chi connectivity index (χ3n) is 3.02. The van der Waals surface area contributed by atoms with Gasteiger partial charge in [-0.3, -0.25) is 0 Å². The van der Waals surface area contributed by atoms with Crippen LogP contribution in [0.15, 0.2) is 48.5 Å². The van der Waals surface area contributed by atoms with E-state index in [0.29, 0.717) is 11.4 Å². The minimum absolute atomic E-state index is 0.161. The summed E-state index contributed by atoms with van der Waals surface area (Å²) in [4.78, 5) is 11.0. The molecule has 0 bridgehead atoms. The average molecular weight is 341 g/mol. The number of nitrogens with one attached hydrogen (secondary N) is 1. The summed E-state index contributed by atoms with van der Waals surface area (Å²) < 4.78 is 37.4. The van der Waals surface area contributed by atoms with Crippen LogP contribution in [0.25, 0.3) is 0 Å². The molecular weight excluding hydrogens is 327 g/mol. The van der Waals surface area contributed by atoms with Gasteiger partial charge < -0.3 is 10.4 Å². The van der Waals surface area contributed by atoms with Gasteiger partial charge in [0.2, 0.25) is 0 Å². The van der Waals surface area contributed by atoms with Gasteiger partial charge in [0.15, 0.2) is 0 Å². The lowest BCUT2D eigenvalue weighted by Crippen LogP contribution is -2.04. The molecule has 0 fully saturated rings. The Balaban J connectivity index is 1.96. The van der Waals surface area contributed by atoms with Crippen molar-refractivity contribution in [2.45, 2.75) is 11.9 Å². The van der Waals surface area contributed by atoms with Crippen LogP contribution in [0.2, 0.25) is 0 Å². The lowest BCUT2D eigenvalue weighted by atomic mass is 10.1. The van der Waals surface area contributed by atoms with Crippen molar-refractivity contribution in [2.24, 2.45) is 0 Å². The van der Waals surface area contributed by atoms with E-state index in [0.717, 1.165) is 29.0 Å². The maximum atomic E-state index is 12.5. The zero-order valence-electron chi connectivity index (χ0n) is 11.8. The molecule has 7 heteroatoms. The van der Waals surface area contributed by atoms with Crippen molar-refractivity contribution in [1.29, 1.82) is 0 Å². The van der Waals surface area contributed by atoms with Crippen molar-refractivity contribution < 1.29 is 23.1 Å². The summed E-state index contributed by atoms with van der Waals surface area (Å²) in [6.45, 7) is 0. The Morgan fingerprint density at radius 1 is 1.13 bits per heavy atom. The van der Waals surface area contributed by atoms with Crippen molar-refractivity contribution in [1.82, 2.24) is 0 Å². The second-order valence-electron chi connectivity index (χ2n) is 4.66. The van der Waals surface area contributed by atoms with E-state index in [1.807, 2.05) is 0 Å². The number of benzene rings is 2. The maximum Gasteiger partial charge on any atom is 0.416 e. The zero-order chi connectivity index (χ0) is 16.9. The Labute approximate surface area is 134 Å². The summed E-state index contributed by atoms with van der Waals surface area (Å²) in [6, 6.07) is 11.5. The minimum atomic E-state index is -4.33. The maximum absolute atomic E-state index is 12.5. The molecule has 0 saturated heterocycles. The van der Waals surface area contributed by atoms with Crippen LogP contribution in [-0.2, 0) is 11.9 Å². The van der Waals surface area contributed by atoms with Crippen molar-refractivity contribution >= 4 is 28.5 Å². The van der Waals surface area contributed by atoms with Gasteiger partial charge in [0, 0.05) is 11.2 Å². The Morgan fingerprint density at radius 2 is 1.78 bits per heavy atom. The fourth-order valence-corrected chi connectivity index (χ4v) is 2.60. The lowest BCUT2D eigenvalue weighted by molar-refractivity contribution is -0.137. The number of alkyl halides is 3. The molecule has 0 heterocycles.